The van der Waals surface area contributed by atoms with Crippen LogP contribution in [0.15, 0.2) is 64.8 Å². The van der Waals surface area contributed by atoms with Gasteiger partial charge in [-0.25, -0.2) is 0 Å². The fourth-order valence-electron chi connectivity index (χ4n) is 3.95. The van der Waals surface area contributed by atoms with Gasteiger partial charge in [0.15, 0.2) is 0 Å². The average Bonchev–Trinajstić information content (AvgIpc) is 2.73. The van der Waals surface area contributed by atoms with Gasteiger partial charge in [0.25, 0.3) is 0 Å². The zero-order chi connectivity index (χ0) is 21.4. The highest BCUT2D eigenvalue weighted by molar-refractivity contribution is 6.43. The number of hydrogen-bond donors (Lipinski definition) is 1. The van der Waals surface area contributed by atoms with Crippen LogP contribution in [0.2, 0.25) is 20.1 Å². The maximum Gasteiger partial charge on any atom is 0.205 e. The molecule has 0 saturated heterocycles. The van der Waals surface area contributed by atoms with E-state index >= 15 is 0 Å². The number of halogens is 4. The van der Waals surface area contributed by atoms with E-state index in [1.54, 1.807) is 12.1 Å². The van der Waals surface area contributed by atoms with Gasteiger partial charge in [0.2, 0.25) is 5.88 Å². The minimum atomic E-state index is -0.413. The second-order valence-corrected chi connectivity index (χ2v) is 8.66. The third kappa shape index (κ3) is 3.70. The minimum Gasteiger partial charge on any atom is -0.440 e. The summed E-state index contributed by atoms with van der Waals surface area (Å²) < 4.78 is 5.96. The van der Waals surface area contributed by atoms with Crippen molar-refractivity contribution in [3.05, 3.63) is 96.0 Å². The normalized spacial score (nSPS) is 20.1. The van der Waals surface area contributed by atoms with Crippen LogP contribution >= 0.6 is 46.4 Å². The molecule has 1 aliphatic heterocycles. The number of rotatable bonds is 2. The molecule has 0 aromatic heterocycles. The first-order valence-corrected chi connectivity index (χ1v) is 10.8. The molecule has 30 heavy (non-hydrogen) atoms. The van der Waals surface area contributed by atoms with Crippen LogP contribution in [0.1, 0.15) is 36.3 Å². The van der Waals surface area contributed by atoms with E-state index in [1.165, 1.54) is 0 Å². The van der Waals surface area contributed by atoms with Crippen molar-refractivity contribution in [2.75, 3.05) is 0 Å². The van der Waals surface area contributed by atoms with Crippen molar-refractivity contribution >= 4 is 52.5 Å². The lowest BCUT2D eigenvalue weighted by molar-refractivity contribution is 0.277. The largest absolute Gasteiger partial charge is 0.440 e. The Morgan fingerprint density at radius 2 is 1.70 bits per heavy atom. The lowest BCUT2D eigenvalue weighted by Gasteiger charge is -2.33. The molecule has 2 N–H and O–H groups in total. The Balaban J connectivity index is 1.90. The molecule has 1 atom stereocenters. The molecule has 0 saturated carbocycles. The fourth-order valence-corrected chi connectivity index (χ4v) is 4.73. The molecule has 3 nitrogen and oxygen atoms in total. The van der Waals surface area contributed by atoms with Gasteiger partial charge in [0.05, 0.1) is 26.0 Å². The smallest absolute Gasteiger partial charge is 0.205 e. The Morgan fingerprint density at radius 3 is 2.43 bits per heavy atom. The van der Waals surface area contributed by atoms with Crippen LogP contribution in [0, 0.1) is 11.3 Å². The molecule has 0 spiro atoms. The maximum absolute atomic E-state index is 9.80. The van der Waals surface area contributed by atoms with Crippen molar-refractivity contribution in [3.63, 3.8) is 0 Å². The molecule has 1 aliphatic carbocycles. The first-order valence-electron chi connectivity index (χ1n) is 9.31. The Morgan fingerprint density at radius 1 is 1.00 bits per heavy atom. The Bertz CT molecular complexity index is 1170. The molecule has 0 fully saturated rings. The van der Waals surface area contributed by atoms with Crippen LogP contribution in [0.4, 0.5) is 0 Å². The van der Waals surface area contributed by atoms with Gasteiger partial charge in [-0.3, -0.25) is 0 Å². The zero-order valence-electron chi connectivity index (χ0n) is 15.7. The summed E-state index contributed by atoms with van der Waals surface area (Å²) in [5.74, 6) is 0.320. The monoisotopic (exact) mass is 476 g/mol. The molecule has 0 amide bonds. The summed E-state index contributed by atoms with van der Waals surface area (Å²) in [5, 5.41) is 11.6. The van der Waals surface area contributed by atoms with E-state index in [0.29, 0.717) is 31.4 Å². The van der Waals surface area contributed by atoms with E-state index < -0.39 is 5.92 Å². The standard InChI is InChI=1S/C23H16Cl4N2O/c24-17-8-2-4-12(20(17)26)10-13-5-1-7-15-19(14-6-3-9-18(25)21(14)27)16(11-28)23(29)30-22(13)15/h2-4,6,8-10,19H,1,5,7,29H2. The summed E-state index contributed by atoms with van der Waals surface area (Å²) in [6.07, 6.45) is 4.39. The number of hydrogen-bond acceptors (Lipinski definition) is 3. The summed E-state index contributed by atoms with van der Waals surface area (Å²) in [7, 11) is 0. The van der Waals surface area contributed by atoms with Gasteiger partial charge in [0, 0.05) is 0 Å². The molecule has 2 aromatic carbocycles. The molecule has 2 aliphatic rings. The van der Waals surface area contributed by atoms with Crippen molar-refractivity contribution in [3.8, 4) is 6.07 Å². The highest BCUT2D eigenvalue weighted by atomic mass is 35.5. The van der Waals surface area contributed by atoms with E-state index in [9.17, 15) is 5.26 Å². The van der Waals surface area contributed by atoms with Crippen molar-refractivity contribution in [2.24, 2.45) is 5.73 Å². The Kier molecular flexibility index (Phi) is 6.04. The number of nitrogens with zero attached hydrogens (tertiary/aromatic N) is 1. The second kappa shape index (κ2) is 8.57. The van der Waals surface area contributed by atoms with E-state index in [0.717, 1.165) is 41.5 Å². The summed E-state index contributed by atoms with van der Waals surface area (Å²) >= 11 is 25.3. The highest BCUT2D eigenvalue weighted by Crippen LogP contribution is 2.49. The number of nitriles is 1. The molecular formula is C23H16Cl4N2O. The summed E-state index contributed by atoms with van der Waals surface area (Å²) in [6.45, 7) is 0. The zero-order valence-corrected chi connectivity index (χ0v) is 18.7. The number of nitrogens with two attached hydrogens (primary N) is 1. The van der Waals surface area contributed by atoms with Gasteiger partial charge in [-0.05, 0) is 59.7 Å². The third-order valence-corrected chi connectivity index (χ3v) is 6.98. The molecule has 7 heteroatoms. The third-order valence-electron chi connectivity index (χ3n) is 5.31. The van der Waals surface area contributed by atoms with E-state index in [4.69, 9.17) is 56.9 Å². The van der Waals surface area contributed by atoms with Crippen LogP contribution in [0.3, 0.4) is 0 Å². The fraction of sp³-hybridized carbons (Fsp3) is 0.174. The molecule has 0 radical (unpaired) electrons. The summed E-state index contributed by atoms with van der Waals surface area (Å²) in [4.78, 5) is 0. The maximum atomic E-state index is 9.80. The predicted molar refractivity (Wildman–Crippen MR) is 122 cm³/mol. The number of benzene rings is 2. The van der Waals surface area contributed by atoms with E-state index in [-0.39, 0.29) is 5.88 Å². The van der Waals surface area contributed by atoms with Gasteiger partial charge >= 0.3 is 0 Å². The second-order valence-electron chi connectivity index (χ2n) is 7.09. The Labute approximate surface area is 194 Å². The first kappa shape index (κ1) is 21.2. The lowest BCUT2D eigenvalue weighted by Crippen LogP contribution is -2.24. The molecule has 0 bridgehead atoms. The molecule has 152 valence electrons. The Hall–Kier alpha value is -2.09. The van der Waals surface area contributed by atoms with Gasteiger partial charge < -0.3 is 10.5 Å². The van der Waals surface area contributed by atoms with Crippen LogP contribution in [0.5, 0.6) is 0 Å². The van der Waals surface area contributed by atoms with Crippen molar-refractivity contribution < 1.29 is 4.74 Å². The van der Waals surface area contributed by atoms with Crippen LogP contribution < -0.4 is 5.73 Å². The first-order chi connectivity index (χ1) is 14.4. The lowest BCUT2D eigenvalue weighted by atomic mass is 9.77. The van der Waals surface area contributed by atoms with Gasteiger partial charge in [-0.2, -0.15) is 5.26 Å². The summed E-state index contributed by atoms with van der Waals surface area (Å²) in [6, 6.07) is 13.1. The predicted octanol–water partition coefficient (Wildman–Crippen LogP) is 7.63. The van der Waals surface area contributed by atoms with Gasteiger partial charge in [0.1, 0.15) is 17.4 Å². The van der Waals surface area contributed by atoms with Crippen molar-refractivity contribution in [1.82, 2.24) is 0 Å². The molecule has 1 heterocycles. The highest BCUT2D eigenvalue weighted by Gasteiger charge is 2.36. The summed E-state index contributed by atoms with van der Waals surface area (Å²) in [5.41, 5.74) is 9.94. The molecular weight excluding hydrogens is 462 g/mol. The van der Waals surface area contributed by atoms with Gasteiger partial charge in [-0.1, -0.05) is 70.7 Å². The SMILES string of the molecule is N#CC1=C(N)OC2=C(CCCC2=Cc2cccc(Cl)c2Cl)C1c1cccc(Cl)c1Cl. The van der Waals surface area contributed by atoms with Crippen molar-refractivity contribution in [1.29, 1.82) is 5.26 Å². The van der Waals surface area contributed by atoms with Crippen LogP contribution in [-0.4, -0.2) is 0 Å². The average molecular weight is 478 g/mol. The van der Waals surface area contributed by atoms with E-state index in [2.05, 4.69) is 6.07 Å². The quantitative estimate of drug-likeness (QED) is 0.483. The number of ether oxygens (including phenoxy) is 1. The van der Waals surface area contributed by atoms with Crippen molar-refractivity contribution in [2.45, 2.75) is 25.2 Å². The molecule has 1 unspecified atom stereocenters. The van der Waals surface area contributed by atoms with Gasteiger partial charge in [-0.15, -0.1) is 0 Å². The molecule has 4 rings (SSSR count). The number of allylic oxidation sites excluding steroid dienone is 3. The van der Waals surface area contributed by atoms with Crippen LogP contribution in [-0.2, 0) is 4.74 Å². The molecule has 2 aromatic rings. The minimum absolute atomic E-state index is 0.0716. The van der Waals surface area contributed by atoms with Crippen LogP contribution in [0.25, 0.3) is 6.08 Å². The van der Waals surface area contributed by atoms with E-state index in [1.807, 2.05) is 30.3 Å². The topological polar surface area (TPSA) is 59.0 Å².